The van der Waals surface area contributed by atoms with E-state index in [1.54, 1.807) is 0 Å². The summed E-state index contributed by atoms with van der Waals surface area (Å²) in [6, 6.07) is 24.1. The van der Waals surface area contributed by atoms with Crippen LogP contribution < -0.4 is 0 Å². The molecular weight excluding hydrogens is 240 g/mol. The van der Waals surface area contributed by atoms with Crippen LogP contribution in [0.2, 0.25) is 0 Å². The zero-order valence-electron chi connectivity index (χ0n) is 11.3. The summed E-state index contributed by atoms with van der Waals surface area (Å²) in [6.07, 6.45) is 5.66. The highest BCUT2D eigenvalue weighted by molar-refractivity contribution is 5.86. The highest BCUT2D eigenvalue weighted by Gasteiger charge is 2.19. The van der Waals surface area contributed by atoms with Crippen molar-refractivity contribution in [3.63, 3.8) is 0 Å². The molecule has 0 N–H and O–H groups in total. The summed E-state index contributed by atoms with van der Waals surface area (Å²) in [4.78, 5) is 0. The van der Waals surface area contributed by atoms with Gasteiger partial charge in [-0.25, -0.2) is 0 Å². The summed E-state index contributed by atoms with van der Waals surface area (Å²) < 4.78 is 0. The molecule has 1 aliphatic carbocycles. The lowest BCUT2D eigenvalue weighted by atomic mass is 9.81. The Morgan fingerprint density at radius 1 is 0.750 bits per heavy atom. The van der Waals surface area contributed by atoms with Crippen LogP contribution in [0.1, 0.15) is 29.0 Å². The minimum atomic E-state index is 0.487. The monoisotopic (exact) mass is 256 g/mol. The van der Waals surface area contributed by atoms with Crippen molar-refractivity contribution in [2.75, 3.05) is 0 Å². The van der Waals surface area contributed by atoms with Crippen molar-refractivity contribution < 1.29 is 0 Å². The average Bonchev–Trinajstić information content (AvgIpc) is 2.53. The van der Waals surface area contributed by atoms with Crippen molar-refractivity contribution in [2.24, 2.45) is 0 Å². The first-order valence-electron chi connectivity index (χ1n) is 7.16. The number of hydrogen-bond donors (Lipinski definition) is 0. The van der Waals surface area contributed by atoms with Gasteiger partial charge in [-0.3, -0.25) is 0 Å². The Bertz CT molecular complexity index is 782. The second kappa shape index (κ2) is 4.64. The van der Waals surface area contributed by atoms with E-state index in [0.717, 1.165) is 6.42 Å². The molecule has 1 aliphatic rings. The predicted molar refractivity (Wildman–Crippen MR) is 85.9 cm³/mol. The lowest BCUT2D eigenvalue weighted by Gasteiger charge is -2.23. The first kappa shape index (κ1) is 11.5. The van der Waals surface area contributed by atoms with Gasteiger partial charge >= 0.3 is 0 Å². The summed E-state index contributed by atoms with van der Waals surface area (Å²) >= 11 is 0. The predicted octanol–water partition coefficient (Wildman–Crippen LogP) is 5.39. The molecule has 3 aromatic carbocycles. The summed E-state index contributed by atoms with van der Waals surface area (Å²) in [5.74, 6) is 0.487. The molecule has 20 heavy (non-hydrogen) atoms. The van der Waals surface area contributed by atoms with E-state index in [-0.39, 0.29) is 0 Å². The van der Waals surface area contributed by atoms with Gasteiger partial charge in [0.2, 0.25) is 0 Å². The molecule has 3 aromatic rings. The molecule has 0 aliphatic heterocycles. The maximum absolute atomic E-state index is 2.37. The van der Waals surface area contributed by atoms with Crippen molar-refractivity contribution in [3.05, 3.63) is 89.5 Å². The van der Waals surface area contributed by atoms with E-state index in [0.29, 0.717) is 5.92 Å². The van der Waals surface area contributed by atoms with Gasteiger partial charge in [-0.15, -0.1) is 0 Å². The molecule has 4 rings (SSSR count). The average molecular weight is 256 g/mol. The van der Waals surface area contributed by atoms with Crippen LogP contribution in [-0.2, 0) is 0 Å². The van der Waals surface area contributed by atoms with Crippen molar-refractivity contribution in [1.82, 2.24) is 0 Å². The summed E-state index contributed by atoms with van der Waals surface area (Å²) in [5.41, 5.74) is 4.23. The molecule has 96 valence electrons. The van der Waals surface area contributed by atoms with Gasteiger partial charge in [-0.05, 0) is 46.0 Å². The third kappa shape index (κ3) is 1.85. The van der Waals surface area contributed by atoms with Gasteiger partial charge in [0.15, 0.2) is 0 Å². The number of fused-ring (bicyclic) bond motifs is 2. The van der Waals surface area contributed by atoms with E-state index < -0.39 is 0 Å². The SMILES string of the molecule is C1=Cc2cc3ccccc3cc2C(c2ccccc2)C1. The van der Waals surface area contributed by atoms with E-state index in [9.17, 15) is 0 Å². The Labute approximate surface area is 119 Å². The second-order valence-corrected chi connectivity index (χ2v) is 5.43. The van der Waals surface area contributed by atoms with Crippen molar-refractivity contribution in [3.8, 4) is 0 Å². The van der Waals surface area contributed by atoms with Gasteiger partial charge in [-0.2, -0.15) is 0 Å². The van der Waals surface area contributed by atoms with Crippen LogP contribution in [0, 0.1) is 0 Å². The van der Waals surface area contributed by atoms with E-state index in [2.05, 4.69) is 78.9 Å². The molecule has 1 unspecified atom stereocenters. The number of hydrogen-bond acceptors (Lipinski definition) is 0. The first-order chi connectivity index (χ1) is 9.92. The molecule has 0 fully saturated rings. The molecule has 0 heteroatoms. The van der Waals surface area contributed by atoms with Gasteiger partial charge in [0.05, 0.1) is 0 Å². The number of benzene rings is 3. The van der Waals surface area contributed by atoms with Crippen LogP contribution in [-0.4, -0.2) is 0 Å². The topological polar surface area (TPSA) is 0 Å². The zero-order chi connectivity index (χ0) is 13.4. The molecule has 0 saturated heterocycles. The van der Waals surface area contributed by atoms with Crippen LogP contribution >= 0.6 is 0 Å². The Hall–Kier alpha value is -2.34. The van der Waals surface area contributed by atoms with E-state index in [1.807, 2.05) is 0 Å². The Morgan fingerprint density at radius 2 is 1.45 bits per heavy atom. The molecule has 0 bridgehead atoms. The van der Waals surface area contributed by atoms with Crippen molar-refractivity contribution >= 4 is 16.8 Å². The van der Waals surface area contributed by atoms with Crippen molar-refractivity contribution in [2.45, 2.75) is 12.3 Å². The second-order valence-electron chi connectivity index (χ2n) is 5.43. The molecule has 1 atom stereocenters. The molecule has 0 heterocycles. The quantitative estimate of drug-likeness (QED) is 0.547. The number of rotatable bonds is 1. The Kier molecular flexibility index (Phi) is 2.67. The van der Waals surface area contributed by atoms with Crippen LogP contribution in [0.4, 0.5) is 0 Å². The summed E-state index contributed by atoms with van der Waals surface area (Å²) in [7, 11) is 0. The number of allylic oxidation sites excluding steroid dienone is 1. The van der Waals surface area contributed by atoms with Crippen molar-refractivity contribution in [1.29, 1.82) is 0 Å². The Morgan fingerprint density at radius 3 is 2.25 bits per heavy atom. The molecule has 0 spiro atoms. The van der Waals surface area contributed by atoms with Crippen LogP contribution in [0.5, 0.6) is 0 Å². The minimum Gasteiger partial charge on any atom is -0.0830 e. The standard InChI is InChI=1S/C20H16/c1-2-7-15(8-3-1)19-12-6-11-18-13-16-9-4-5-10-17(16)14-20(18)19/h1-11,13-14,19H,12H2. The fraction of sp³-hybridized carbons (Fsp3) is 0.100. The first-order valence-corrected chi connectivity index (χ1v) is 7.16. The molecule has 0 amide bonds. The molecule has 0 radical (unpaired) electrons. The normalized spacial score (nSPS) is 17.1. The fourth-order valence-electron chi connectivity index (χ4n) is 3.18. The van der Waals surface area contributed by atoms with E-state index >= 15 is 0 Å². The van der Waals surface area contributed by atoms with E-state index in [1.165, 1.54) is 27.5 Å². The molecule has 0 saturated carbocycles. The molecular formula is C20H16. The lowest BCUT2D eigenvalue weighted by Crippen LogP contribution is -2.05. The zero-order valence-corrected chi connectivity index (χ0v) is 11.3. The lowest BCUT2D eigenvalue weighted by molar-refractivity contribution is 0.821. The van der Waals surface area contributed by atoms with Crippen LogP contribution in [0.25, 0.3) is 16.8 Å². The summed E-state index contributed by atoms with van der Waals surface area (Å²) in [6.45, 7) is 0. The highest BCUT2D eigenvalue weighted by Crippen LogP contribution is 2.37. The molecule has 0 nitrogen and oxygen atoms in total. The maximum atomic E-state index is 2.37. The van der Waals surface area contributed by atoms with Gasteiger partial charge in [0.25, 0.3) is 0 Å². The van der Waals surface area contributed by atoms with E-state index in [4.69, 9.17) is 0 Å². The van der Waals surface area contributed by atoms with Gasteiger partial charge in [0, 0.05) is 5.92 Å². The van der Waals surface area contributed by atoms with Crippen LogP contribution in [0.15, 0.2) is 72.8 Å². The maximum Gasteiger partial charge on any atom is 0.0130 e. The third-order valence-electron chi connectivity index (χ3n) is 4.20. The van der Waals surface area contributed by atoms with Crippen LogP contribution in [0.3, 0.4) is 0 Å². The fourth-order valence-corrected chi connectivity index (χ4v) is 3.18. The Balaban J connectivity index is 1.92. The van der Waals surface area contributed by atoms with Gasteiger partial charge in [0.1, 0.15) is 0 Å². The van der Waals surface area contributed by atoms with Gasteiger partial charge < -0.3 is 0 Å². The highest BCUT2D eigenvalue weighted by atomic mass is 14.2. The largest absolute Gasteiger partial charge is 0.0830 e. The third-order valence-corrected chi connectivity index (χ3v) is 4.20. The molecule has 0 aromatic heterocycles. The minimum absolute atomic E-state index is 0.487. The van der Waals surface area contributed by atoms with Gasteiger partial charge in [-0.1, -0.05) is 66.7 Å². The smallest absolute Gasteiger partial charge is 0.0130 e. The summed E-state index contributed by atoms with van der Waals surface area (Å²) in [5, 5.41) is 2.66.